The summed E-state index contributed by atoms with van der Waals surface area (Å²) in [6.45, 7) is 4.91. The van der Waals surface area contributed by atoms with Gasteiger partial charge in [-0.3, -0.25) is 4.79 Å². The van der Waals surface area contributed by atoms with Gasteiger partial charge in [0.2, 0.25) is 5.91 Å². The van der Waals surface area contributed by atoms with Gasteiger partial charge in [-0.05, 0) is 31.9 Å². The molecule has 2 aromatic rings. The summed E-state index contributed by atoms with van der Waals surface area (Å²) in [5.74, 6) is 0.180. The molecule has 6 nitrogen and oxygen atoms in total. The molecule has 2 aliphatic rings. The minimum absolute atomic E-state index is 0. The van der Waals surface area contributed by atoms with Crippen molar-refractivity contribution < 1.29 is 9.21 Å². The second kappa shape index (κ2) is 8.67. The first-order valence-corrected chi connectivity index (χ1v) is 9.23. The Morgan fingerprint density at radius 3 is 2.56 bits per heavy atom. The van der Waals surface area contributed by atoms with Crippen LogP contribution >= 0.6 is 24.8 Å². The summed E-state index contributed by atoms with van der Waals surface area (Å²) in [4.78, 5) is 21.6. The average Bonchev–Trinajstić information content (AvgIpc) is 3.05. The molecule has 2 atom stereocenters. The first kappa shape index (κ1) is 21.8. The van der Waals surface area contributed by atoms with Crippen molar-refractivity contribution in [3.05, 3.63) is 24.3 Å². The Morgan fingerprint density at radius 2 is 1.89 bits per heavy atom. The molecule has 4 rings (SSSR count). The van der Waals surface area contributed by atoms with Crippen LogP contribution in [0.25, 0.3) is 11.1 Å². The lowest BCUT2D eigenvalue weighted by Crippen LogP contribution is -2.57. The molecule has 0 bridgehead atoms. The fourth-order valence-corrected chi connectivity index (χ4v) is 4.10. The molecule has 2 fully saturated rings. The SMILES string of the molecule is CC1(N)CCCCC1C(=O)N1CCN(c2nc3ccccc3o2)CC1.Cl.Cl. The lowest BCUT2D eigenvalue weighted by Gasteiger charge is -2.42. The van der Waals surface area contributed by atoms with Gasteiger partial charge in [0.05, 0.1) is 5.92 Å². The molecule has 2 unspecified atom stereocenters. The topological polar surface area (TPSA) is 75.6 Å². The number of anilines is 1. The Hall–Kier alpha value is -1.50. The van der Waals surface area contributed by atoms with Crippen LogP contribution in [0.5, 0.6) is 0 Å². The average molecular weight is 415 g/mol. The Morgan fingerprint density at radius 1 is 1.19 bits per heavy atom. The van der Waals surface area contributed by atoms with E-state index in [2.05, 4.69) is 9.88 Å². The Labute approximate surface area is 172 Å². The van der Waals surface area contributed by atoms with E-state index in [-0.39, 0.29) is 42.2 Å². The number of carbonyl (C=O) groups excluding carboxylic acids is 1. The number of nitrogens with zero attached hydrogens (tertiary/aromatic N) is 3. The molecule has 0 spiro atoms. The van der Waals surface area contributed by atoms with Gasteiger partial charge < -0.3 is 20.0 Å². The van der Waals surface area contributed by atoms with Crippen molar-refractivity contribution in [2.24, 2.45) is 11.7 Å². The summed E-state index contributed by atoms with van der Waals surface area (Å²) < 4.78 is 5.84. The van der Waals surface area contributed by atoms with Gasteiger partial charge in [0.1, 0.15) is 5.52 Å². The molecule has 1 saturated carbocycles. The van der Waals surface area contributed by atoms with Gasteiger partial charge >= 0.3 is 0 Å². The molecule has 150 valence electrons. The Bertz CT molecular complexity index is 739. The maximum Gasteiger partial charge on any atom is 0.298 e. The molecule has 1 aromatic carbocycles. The molecule has 1 saturated heterocycles. The van der Waals surface area contributed by atoms with E-state index in [0.29, 0.717) is 19.1 Å². The number of nitrogens with two attached hydrogens (primary N) is 1. The third-order valence-electron chi connectivity index (χ3n) is 5.70. The third kappa shape index (κ3) is 4.33. The smallest absolute Gasteiger partial charge is 0.298 e. The van der Waals surface area contributed by atoms with Crippen molar-refractivity contribution in [1.82, 2.24) is 9.88 Å². The van der Waals surface area contributed by atoms with Crippen LogP contribution in [0.15, 0.2) is 28.7 Å². The molecule has 1 aromatic heterocycles. The molecule has 1 aliphatic heterocycles. The Kier molecular flexibility index (Phi) is 7.00. The van der Waals surface area contributed by atoms with E-state index in [0.717, 1.165) is 49.9 Å². The Balaban J connectivity index is 0.00000131. The summed E-state index contributed by atoms with van der Waals surface area (Å²) in [6.07, 6.45) is 4.08. The second-order valence-electron chi connectivity index (χ2n) is 7.58. The van der Waals surface area contributed by atoms with Crippen LogP contribution in [0.3, 0.4) is 0 Å². The molecule has 8 heteroatoms. The number of hydrogen-bond acceptors (Lipinski definition) is 5. The summed E-state index contributed by atoms with van der Waals surface area (Å²) in [5.41, 5.74) is 7.72. The number of fused-ring (bicyclic) bond motifs is 1. The van der Waals surface area contributed by atoms with Gasteiger partial charge in [-0.1, -0.05) is 25.0 Å². The molecule has 0 radical (unpaired) electrons. The van der Waals surface area contributed by atoms with Crippen molar-refractivity contribution in [1.29, 1.82) is 0 Å². The number of carbonyl (C=O) groups is 1. The van der Waals surface area contributed by atoms with Gasteiger partial charge in [-0.15, -0.1) is 24.8 Å². The van der Waals surface area contributed by atoms with Gasteiger partial charge in [-0.2, -0.15) is 4.98 Å². The minimum Gasteiger partial charge on any atom is -0.423 e. The molecule has 1 amide bonds. The number of para-hydroxylation sites is 2. The van der Waals surface area contributed by atoms with Crippen molar-refractivity contribution in [2.45, 2.75) is 38.1 Å². The van der Waals surface area contributed by atoms with Crippen LogP contribution in [0.4, 0.5) is 6.01 Å². The number of piperazine rings is 1. The van der Waals surface area contributed by atoms with Crippen LogP contribution < -0.4 is 10.6 Å². The zero-order valence-electron chi connectivity index (χ0n) is 15.6. The number of hydrogen-bond donors (Lipinski definition) is 1. The summed E-state index contributed by atoms with van der Waals surface area (Å²) in [7, 11) is 0. The van der Waals surface area contributed by atoms with E-state index in [1.165, 1.54) is 0 Å². The standard InChI is InChI=1S/C19H26N4O2.2ClH/c1-19(20)9-5-4-6-14(19)17(24)22-10-12-23(13-11-22)18-21-15-7-2-3-8-16(15)25-18;;/h2-3,7-8,14H,4-6,9-13,20H2,1H3;2*1H. The minimum atomic E-state index is -0.368. The highest BCUT2D eigenvalue weighted by Crippen LogP contribution is 2.33. The number of aromatic nitrogens is 1. The van der Waals surface area contributed by atoms with Crippen molar-refractivity contribution in [3.8, 4) is 0 Å². The van der Waals surface area contributed by atoms with Crippen LogP contribution in [-0.4, -0.2) is 47.5 Å². The second-order valence-corrected chi connectivity index (χ2v) is 7.58. The molecule has 2 heterocycles. The number of amides is 1. The number of benzene rings is 1. The van der Waals surface area contributed by atoms with E-state index >= 15 is 0 Å². The van der Waals surface area contributed by atoms with E-state index in [1.54, 1.807) is 0 Å². The van der Waals surface area contributed by atoms with Crippen LogP contribution in [0, 0.1) is 5.92 Å². The molecule has 27 heavy (non-hydrogen) atoms. The third-order valence-corrected chi connectivity index (χ3v) is 5.70. The lowest BCUT2D eigenvalue weighted by molar-refractivity contribution is -0.139. The highest BCUT2D eigenvalue weighted by Gasteiger charge is 2.40. The van der Waals surface area contributed by atoms with Gasteiger partial charge in [-0.25, -0.2) is 0 Å². The first-order chi connectivity index (χ1) is 12.0. The summed E-state index contributed by atoms with van der Waals surface area (Å²) in [6, 6.07) is 8.43. The predicted octanol–water partition coefficient (Wildman–Crippen LogP) is 3.23. The fourth-order valence-electron chi connectivity index (χ4n) is 4.10. The van der Waals surface area contributed by atoms with Crippen LogP contribution in [0.1, 0.15) is 32.6 Å². The van der Waals surface area contributed by atoms with E-state index in [9.17, 15) is 4.79 Å². The van der Waals surface area contributed by atoms with Gasteiger partial charge in [0.15, 0.2) is 5.58 Å². The number of halogens is 2. The van der Waals surface area contributed by atoms with Gasteiger partial charge in [0.25, 0.3) is 6.01 Å². The van der Waals surface area contributed by atoms with Crippen molar-refractivity contribution in [3.63, 3.8) is 0 Å². The highest BCUT2D eigenvalue weighted by atomic mass is 35.5. The molecule has 2 N–H and O–H groups in total. The van der Waals surface area contributed by atoms with Crippen molar-refractivity contribution in [2.75, 3.05) is 31.1 Å². The monoisotopic (exact) mass is 414 g/mol. The number of oxazole rings is 1. The zero-order chi connectivity index (χ0) is 17.4. The predicted molar refractivity (Wildman–Crippen MR) is 112 cm³/mol. The quantitative estimate of drug-likeness (QED) is 0.815. The van der Waals surface area contributed by atoms with Crippen LogP contribution in [0.2, 0.25) is 0 Å². The molecular formula is C19H28Cl2N4O2. The number of rotatable bonds is 2. The molecular weight excluding hydrogens is 387 g/mol. The summed E-state index contributed by atoms with van der Waals surface area (Å²) in [5, 5.41) is 0. The fraction of sp³-hybridized carbons (Fsp3) is 0.579. The summed E-state index contributed by atoms with van der Waals surface area (Å²) >= 11 is 0. The van der Waals surface area contributed by atoms with Crippen LogP contribution in [-0.2, 0) is 4.79 Å². The van der Waals surface area contributed by atoms with E-state index in [1.807, 2.05) is 36.1 Å². The highest BCUT2D eigenvalue weighted by molar-refractivity contribution is 5.85. The maximum atomic E-state index is 12.9. The van der Waals surface area contributed by atoms with E-state index in [4.69, 9.17) is 10.2 Å². The largest absolute Gasteiger partial charge is 0.423 e. The maximum absolute atomic E-state index is 12.9. The first-order valence-electron chi connectivity index (χ1n) is 9.23. The van der Waals surface area contributed by atoms with E-state index < -0.39 is 0 Å². The van der Waals surface area contributed by atoms with Crippen molar-refractivity contribution >= 4 is 47.8 Å². The lowest BCUT2D eigenvalue weighted by atomic mass is 9.74. The normalized spacial score (nSPS) is 25.6. The van der Waals surface area contributed by atoms with Gasteiger partial charge in [0, 0.05) is 31.7 Å². The molecule has 1 aliphatic carbocycles. The zero-order valence-corrected chi connectivity index (χ0v) is 17.2.